The van der Waals surface area contributed by atoms with Crippen molar-refractivity contribution >= 4 is 0 Å². The van der Waals surface area contributed by atoms with Crippen molar-refractivity contribution in [2.24, 2.45) is 5.73 Å². The summed E-state index contributed by atoms with van der Waals surface area (Å²) in [5.41, 5.74) is 5.50. The van der Waals surface area contributed by atoms with Crippen LogP contribution in [-0.4, -0.2) is 19.1 Å². The molecule has 0 saturated heterocycles. The minimum atomic E-state index is 0.592. The van der Waals surface area contributed by atoms with E-state index in [0.29, 0.717) is 6.04 Å². The Bertz CT molecular complexity index is 126. The van der Waals surface area contributed by atoms with Crippen LogP contribution in [0.4, 0.5) is 0 Å². The fraction of sp³-hybridized carbons (Fsp3) is 1.00. The van der Waals surface area contributed by atoms with E-state index in [0.717, 1.165) is 19.5 Å². The van der Waals surface area contributed by atoms with E-state index in [1.54, 1.807) is 0 Å². The van der Waals surface area contributed by atoms with Gasteiger partial charge in [-0.05, 0) is 32.9 Å². The van der Waals surface area contributed by atoms with Crippen LogP contribution in [0.3, 0.4) is 0 Å². The molecule has 0 aliphatic heterocycles. The first-order valence-corrected chi connectivity index (χ1v) is 7.24. The topological polar surface area (TPSA) is 38.0 Å². The van der Waals surface area contributed by atoms with Crippen molar-refractivity contribution in [2.45, 2.75) is 77.7 Å². The number of nitrogens with one attached hydrogen (secondary N) is 1. The summed E-state index contributed by atoms with van der Waals surface area (Å²) in [7, 11) is 0. The maximum absolute atomic E-state index is 5.50. The van der Waals surface area contributed by atoms with E-state index in [2.05, 4.69) is 19.2 Å². The highest BCUT2D eigenvalue weighted by molar-refractivity contribution is 4.60. The molecule has 0 aromatic rings. The third-order valence-electron chi connectivity index (χ3n) is 3.12. The third kappa shape index (κ3) is 12.0. The Morgan fingerprint density at radius 3 is 2.06 bits per heavy atom. The summed E-state index contributed by atoms with van der Waals surface area (Å²) < 4.78 is 0. The molecule has 0 amide bonds. The maximum Gasteiger partial charge on any atom is 0.00507 e. The zero-order valence-corrected chi connectivity index (χ0v) is 11.4. The Morgan fingerprint density at radius 2 is 1.50 bits per heavy atom. The van der Waals surface area contributed by atoms with Gasteiger partial charge in [0.1, 0.15) is 0 Å². The van der Waals surface area contributed by atoms with Gasteiger partial charge in [0, 0.05) is 6.04 Å². The Kier molecular flexibility index (Phi) is 12.9. The molecule has 98 valence electrons. The maximum atomic E-state index is 5.50. The zero-order chi connectivity index (χ0) is 12.1. The second kappa shape index (κ2) is 13.0. The van der Waals surface area contributed by atoms with Crippen molar-refractivity contribution in [3.8, 4) is 0 Å². The number of unbranched alkanes of at least 4 members (excludes halogenated alkanes) is 7. The van der Waals surface area contributed by atoms with Crippen LogP contribution in [0.15, 0.2) is 0 Å². The Morgan fingerprint density at radius 1 is 0.938 bits per heavy atom. The standard InChI is InChI=1S/C14H32N2/c1-3-4-5-6-7-8-9-10-13-16-14(2)11-12-15/h14,16H,3-13,15H2,1-2H3. The molecule has 0 aromatic heterocycles. The lowest BCUT2D eigenvalue weighted by atomic mass is 10.1. The van der Waals surface area contributed by atoms with Crippen molar-refractivity contribution < 1.29 is 0 Å². The lowest BCUT2D eigenvalue weighted by Gasteiger charge is -2.12. The molecular formula is C14H32N2. The van der Waals surface area contributed by atoms with E-state index in [9.17, 15) is 0 Å². The van der Waals surface area contributed by atoms with Crippen LogP contribution in [0.5, 0.6) is 0 Å². The van der Waals surface area contributed by atoms with Gasteiger partial charge in [-0.15, -0.1) is 0 Å². The largest absolute Gasteiger partial charge is 0.330 e. The molecule has 0 aliphatic rings. The molecule has 0 radical (unpaired) electrons. The van der Waals surface area contributed by atoms with E-state index in [-0.39, 0.29) is 0 Å². The number of nitrogens with two attached hydrogens (primary N) is 1. The highest BCUT2D eigenvalue weighted by atomic mass is 14.9. The second-order valence-corrected chi connectivity index (χ2v) is 4.91. The molecule has 0 aliphatic carbocycles. The van der Waals surface area contributed by atoms with E-state index in [4.69, 9.17) is 5.73 Å². The van der Waals surface area contributed by atoms with Gasteiger partial charge >= 0.3 is 0 Å². The van der Waals surface area contributed by atoms with Crippen LogP contribution in [0.2, 0.25) is 0 Å². The molecule has 1 unspecified atom stereocenters. The summed E-state index contributed by atoms with van der Waals surface area (Å²) in [6.45, 7) is 6.45. The number of hydrogen-bond acceptors (Lipinski definition) is 2. The van der Waals surface area contributed by atoms with Crippen LogP contribution in [0.1, 0.15) is 71.6 Å². The quantitative estimate of drug-likeness (QED) is 0.502. The molecule has 16 heavy (non-hydrogen) atoms. The molecule has 0 bridgehead atoms. The number of rotatable bonds is 12. The van der Waals surface area contributed by atoms with Gasteiger partial charge in [0.2, 0.25) is 0 Å². The molecular weight excluding hydrogens is 196 g/mol. The highest BCUT2D eigenvalue weighted by Gasteiger charge is 1.98. The van der Waals surface area contributed by atoms with Gasteiger partial charge in [0.05, 0.1) is 0 Å². The summed E-state index contributed by atoms with van der Waals surface area (Å²) >= 11 is 0. The summed E-state index contributed by atoms with van der Waals surface area (Å²) in [5, 5.41) is 3.51. The van der Waals surface area contributed by atoms with Gasteiger partial charge < -0.3 is 11.1 Å². The van der Waals surface area contributed by atoms with Crippen LogP contribution >= 0.6 is 0 Å². The lowest BCUT2D eigenvalue weighted by molar-refractivity contribution is 0.493. The van der Waals surface area contributed by atoms with Crippen molar-refractivity contribution in [3.05, 3.63) is 0 Å². The summed E-state index contributed by atoms with van der Waals surface area (Å²) in [6.07, 6.45) is 12.3. The highest BCUT2D eigenvalue weighted by Crippen LogP contribution is 2.07. The Labute approximate surface area is 102 Å². The van der Waals surface area contributed by atoms with Gasteiger partial charge in [-0.1, -0.05) is 51.9 Å². The van der Waals surface area contributed by atoms with E-state index in [1.807, 2.05) is 0 Å². The molecule has 2 heteroatoms. The van der Waals surface area contributed by atoms with Crippen molar-refractivity contribution in [2.75, 3.05) is 13.1 Å². The summed E-state index contributed by atoms with van der Waals surface area (Å²) in [5.74, 6) is 0. The predicted molar refractivity (Wildman–Crippen MR) is 73.7 cm³/mol. The average molecular weight is 228 g/mol. The second-order valence-electron chi connectivity index (χ2n) is 4.91. The van der Waals surface area contributed by atoms with Gasteiger partial charge in [0.25, 0.3) is 0 Å². The van der Waals surface area contributed by atoms with Gasteiger partial charge in [-0.3, -0.25) is 0 Å². The first-order chi connectivity index (χ1) is 7.81. The molecule has 1 atom stereocenters. The lowest BCUT2D eigenvalue weighted by Crippen LogP contribution is -2.29. The van der Waals surface area contributed by atoms with E-state index >= 15 is 0 Å². The van der Waals surface area contributed by atoms with E-state index < -0.39 is 0 Å². The van der Waals surface area contributed by atoms with Crippen molar-refractivity contribution in [1.82, 2.24) is 5.32 Å². The SMILES string of the molecule is CCCCCCCCCCNC(C)CCN. The molecule has 3 N–H and O–H groups in total. The first-order valence-electron chi connectivity index (χ1n) is 7.24. The monoisotopic (exact) mass is 228 g/mol. The molecule has 0 fully saturated rings. The molecule has 2 nitrogen and oxygen atoms in total. The normalized spacial score (nSPS) is 12.9. The van der Waals surface area contributed by atoms with Gasteiger partial charge in [0.15, 0.2) is 0 Å². The fourth-order valence-electron chi connectivity index (χ4n) is 1.96. The Balaban J connectivity index is 2.98. The number of hydrogen-bond donors (Lipinski definition) is 2. The average Bonchev–Trinajstić information content (AvgIpc) is 2.27. The predicted octanol–water partition coefficient (Wildman–Crippen LogP) is 3.45. The summed E-state index contributed by atoms with van der Waals surface area (Å²) in [6, 6.07) is 0.592. The van der Waals surface area contributed by atoms with Crippen LogP contribution < -0.4 is 11.1 Å². The Hall–Kier alpha value is -0.0800. The van der Waals surface area contributed by atoms with Crippen molar-refractivity contribution in [3.63, 3.8) is 0 Å². The van der Waals surface area contributed by atoms with Crippen LogP contribution in [0.25, 0.3) is 0 Å². The smallest absolute Gasteiger partial charge is 0.00507 e. The first kappa shape index (κ1) is 15.9. The molecule has 0 saturated carbocycles. The van der Waals surface area contributed by atoms with Crippen molar-refractivity contribution in [1.29, 1.82) is 0 Å². The van der Waals surface area contributed by atoms with Gasteiger partial charge in [-0.2, -0.15) is 0 Å². The molecule has 0 aromatic carbocycles. The van der Waals surface area contributed by atoms with Crippen LogP contribution in [0, 0.1) is 0 Å². The third-order valence-corrected chi connectivity index (χ3v) is 3.12. The molecule has 0 rings (SSSR count). The minimum Gasteiger partial charge on any atom is -0.330 e. The van der Waals surface area contributed by atoms with Crippen LogP contribution in [-0.2, 0) is 0 Å². The summed E-state index contributed by atoms with van der Waals surface area (Å²) in [4.78, 5) is 0. The minimum absolute atomic E-state index is 0.592. The molecule has 0 spiro atoms. The van der Waals surface area contributed by atoms with Gasteiger partial charge in [-0.25, -0.2) is 0 Å². The molecule has 0 heterocycles. The van der Waals surface area contributed by atoms with E-state index in [1.165, 1.54) is 51.4 Å². The zero-order valence-electron chi connectivity index (χ0n) is 11.4. The fourth-order valence-corrected chi connectivity index (χ4v) is 1.96.